The number of likely N-dealkylation sites (N-methyl/N-ethyl adjacent to an activating group) is 1. The molecular weight excluding hydrogens is 252 g/mol. The molecule has 1 rings (SSSR count). The minimum Gasteiger partial charge on any atom is -0.465 e. The number of nitrogens with one attached hydrogen (secondary N) is 1. The van der Waals surface area contributed by atoms with Gasteiger partial charge in [0.15, 0.2) is 0 Å². The van der Waals surface area contributed by atoms with Gasteiger partial charge in [-0.3, -0.25) is 4.79 Å². The summed E-state index contributed by atoms with van der Waals surface area (Å²) in [7, 11) is 0. The lowest BCUT2D eigenvalue weighted by atomic mass is 9.80. The first-order valence-electron chi connectivity index (χ1n) is 7.87. The second-order valence-electron chi connectivity index (χ2n) is 7.17. The summed E-state index contributed by atoms with van der Waals surface area (Å²) < 4.78 is 5.24. The Hall–Kier alpha value is -0.610. The van der Waals surface area contributed by atoms with Crippen molar-refractivity contribution in [2.45, 2.75) is 53.5 Å². The summed E-state index contributed by atoms with van der Waals surface area (Å²) in [5, 5.41) is 3.31. The molecule has 0 radical (unpaired) electrons. The Kier molecular flexibility index (Phi) is 6.02. The lowest BCUT2D eigenvalue weighted by molar-refractivity contribution is -0.151. The van der Waals surface area contributed by atoms with Crippen LogP contribution in [0.5, 0.6) is 0 Å². The highest BCUT2D eigenvalue weighted by atomic mass is 16.5. The van der Waals surface area contributed by atoms with Crippen LogP contribution in [0.4, 0.5) is 0 Å². The van der Waals surface area contributed by atoms with Crippen LogP contribution in [0.1, 0.15) is 48.0 Å². The molecule has 1 N–H and O–H groups in total. The molecule has 1 aliphatic rings. The molecule has 1 aliphatic heterocycles. The lowest BCUT2D eigenvalue weighted by Crippen LogP contribution is -2.57. The zero-order valence-corrected chi connectivity index (χ0v) is 14.1. The predicted octanol–water partition coefficient (Wildman–Crippen LogP) is 2.29. The Bertz CT molecular complexity index is 325. The van der Waals surface area contributed by atoms with E-state index in [0.29, 0.717) is 17.9 Å². The molecule has 0 spiro atoms. The molecule has 0 aliphatic carbocycles. The summed E-state index contributed by atoms with van der Waals surface area (Å²) in [5.74, 6) is 0.566. The van der Waals surface area contributed by atoms with Crippen LogP contribution >= 0.6 is 0 Å². The SMILES string of the molecule is CCNC(C)(CN1CCC(C(C)(C)C)C1)C(=O)OCC. The van der Waals surface area contributed by atoms with Crippen molar-refractivity contribution in [2.24, 2.45) is 11.3 Å². The summed E-state index contributed by atoms with van der Waals surface area (Å²) in [4.78, 5) is 14.6. The number of nitrogens with zero attached hydrogens (tertiary/aromatic N) is 1. The number of ether oxygens (including phenoxy) is 1. The smallest absolute Gasteiger partial charge is 0.327 e. The average Bonchev–Trinajstić information content (AvgIpc) is 2.77. The molecule has 4 heteroatoms. The first-order chi connectivity index (χ1) is 9.23. The number of carbonyl (C=O) groups is 1. The highest BCUT2D eigenvalue weighted by Gasteiger charge is 2.39. The van der Waals surface area contributed by atoms with Crippen LogP contribution in [0.15, 0.2) is 0 Å². The standard InChI is InChI=1S/C16H32N2O2/c1-7-17-16(6,14(19)20-8-2)12-18-10-9-13(11-18)15(3,4)5/h13,17H,7-12H2,1-6H3. The van der Waals surface area contributed by atoms with Crippen molar-refractivity contribution < 1.29 is 9.53 Å². The van der Waals surface area contributed by atoms with Crippen LogP contribution in [0, 0.1) is 11.3 Å². The van der Waals surface area contributed by atoms with Gasteiger partial charge in [0.1, 0.15) is 5.54 Å². The maximum absolute atomic E-state index is 12.2. The average molecular weight is 284 g/mol. The van der Waals surface area contributed by atoms with Gasteiger partial charge in [-0.2, -0.15) is 0 Å². The van der Waals surface area contributed by atoms with Gasteiger partial charge in [-0.25, -0.2) is 0 Å². The van der Waals surface area contributed by atoms with Crippen molar-refractivity contribution in [3.63, 3.8) is 0 Å². The van der Waals surface area contributed by atoms with E-state index in [1.54, 1.807) is 0 Å². The third-order valence-electron chi connectivity index (χ3n) is 4.33. The van der Waals surface area contributed by atoms with E-state index in [1.165, 1.54) is 6.42 Å². The van der Waals surface area contributed by atoms with Crippen LogP contribution in [0.3, 0.4) is 0 Å². The molecular formula is C16H32N2O2. The molecule has 0 aromatic carbocycles. The minimum atomic E-state index is -0.600. The number of esters is 1. The van der Waals surface area contributed by atoms with Crippen molar-refractivity contribution >= 4 is 5.97 Å². The van der Waals surface area contributed by atoms with Crippen LogP contribution in [0.25, 0.3) is 0 Å². The molecule has 1 fully saturated rings. The van der Waals surface area contributed by atoms with Crippen molar-refractivity contribution in [1.29, 1.82) is 0 Å². The van der Waals surface area contributed by atoms with Crippen LogP contribution in [-0.4, -0.2) is 49.2 Å². The van der Waals surface area contributed by atoms with Gasteiger partial charge in [0.05, 0.1) is 6.61 Å². The van der Waals surface area contributed by atoms with Crippen LogP contribution in [0.2, 0.25) is 0 Å². The van der Waals surface area contributed by atoms with E-state index in [0.717, 1.165) is 26.2 Å². The van der Waals surface area contributed by atoms with Gasteiger partial charge in [-0.05, 0) is 44.7 Å². The number of rotatable bonds is 6. The first-order valence-corrected chi connectivity index (χ1v) is 7.87. The van der Waals surface area contributed by atoms with Gasteiger partial charge in [0.2, 0.25) is 0 Å². The fourth-order valence-corrected chi connectivity index (χ4v) is 3.00. The van der Waals surface area contributed by atoms with Gasteiger partial charge in [-0.15, -0.1) is 0 Å². The van der Waals surface area contributed by atoms with E-state index in [2.05, 4.69) is 31.0 Å². The molecule has 118 valence electrons. The van der Waals surface area contributed by atoms with Crippen LogP contribution in [-0.2, 0) is 9.53 Å². The highest BCUT2D eigenvalue weighted by molar-refractivity contribution is 5.80. The molecule has 0 aromatic heterocycles. The Morgan fingerprint density at radius 1 is 1.30 bits per heavy atom. The molecule has 2 unspecified atom stereocenters. The Balaban J connectivity index is 2.66. The third-order valence-corrected chi connectivity index (χ3v) is 4.33. The van der Waals surface area contributed by atoms with E-state index >= 15 is 0 Å². The lowest BCUT2D eigenvalue weighted by Gasteiger charge is -2.33. The fourth-order valence-electron chi connectivity index (χ4n) is 3.00. The second kappa shape index (κ2) is 6.90. The second-order valence-corrected chi connectivity index (χ2v) is 7.17. The van der Waals surface area contributed by atoms with Crippen LogP contribution < -0.4 is 5.32 Å². The van der Waals surface area contributed by atoms with Gasteiger partial charge in [0.25, 0.3) is 0 Å². The zero-order chi connectivity index (χ0) is 15.4. The Labute approximate surface area is 124 Å². The van der Waals surface area contributed by atoms with E-state index in [1.807, 2.05) is 20.8 Å². The number of hydrogen-bond acceptors (Lipinski definition) is 4. The summed E-state index contributed by atoms with van der Waals surface area (Å²) in [6, 6.07) is 0. The molecule has 0 aromatic rings. The van der Waals surface area contributed by atoms with Gasteiger partial charge in [0, 0.05) is 13.1 Å². The van der Waals surface area contributed by atoms with E-state index in [-0.39, 0.29) is 5.97 Å². The van der Waals surface area contributed by atoms with Crippen molar-refractivity contribution in [2.75, 3.05) is 32.8 Å². The van der Waals surface area contributed by atoms with E-state index in [4.69, 9.17) is 4.74 Å². The van der Waals surface area contributed by atoms with E-state index < -0.39 is 5.54 Å². The number of hydrogen-bond donors (Lipinski definition) is 1. The third kappa shape index (κ3) is 4.45. The van der Waals surface area contributed by atoms with Gasteiger partial charge >= 0.3 is 5.97 Å². The predicted molar refractivity (Wildman–Crippen MR) is 82.7 cm³/mol. The van der Waals surface area contributed by atoms with Crippen molar-refractivity contribution in [3.05, 3.63) is 0 Å². The quantitative estimate of drug-likeness (QED) is 0.760. The Morgan fingerprint density at radius 3 is 2.40 bits per heavy atom. The maximum Gasteiger partial charge on any atom is 0.327 e. The number of carbonyl (C=O) groups excluding carboxylic acids is 1. The normalized spacial score (nSPS) is 23.6. The molecule has 0 bridgehead atoms. The van der Waals surface area contributed by atoms with E-state index in [9.17, 15) is 4.79 Å². The number of likely N-dealkylation sites (tertiary alicyclic amines) is 1. The molecule has 2 atom stereocenters. The van der Waals surface area contributed by atoms with Crippen molar-refractivity contribution in [1.82, 2.24) is 10.2 Å². The largest absolute Gasteiger partial charge is 0.465 e. The summed E-state index contributed by atoms with van der Waals surface area (Å²) in [5.41, 5.74) is -0.259. The highest BCUT2D eigenvalue weighted by Crippen LogP contribution is 2.34. The van der Waals surface area contributed by atoms with Gasteiger partial charge in [-0.1, -0.05) is 27.7 Å². The van der Waals surface area contributed by atoms with Crippen molar-refractivity contribution in [3.8, 4) is 0 Å². The fraction of sp³-hybridized carbons (Fsp3) is 0.938. The first kappa shape index (κ1) is 17.4. The minimum absolute atomic E-state index is 0.138. The molecule has 1 saturated heterocycles. The van der Waals surface area contributed by atoms with Gasteiger partial charge < -0.3 is 15.0 Å². The topological polar surface area (TPSA) is 41.6 Å². The molecule has 4 nitrogen and oxygen atoms in total. The molecule has 0 saturated carbocycles. The molecule has 0 amide bonds. The monoisotopic (exact) mass is 284 g/mol. The zero-order valence-electron chi connectivity index (χ0n) is 14.1. The summed E-state index contributed by atoms with van der Waals surface area (Å²) in [6.07, 6.45) is 1.22. The summed E-state index contributed by atoms with van der Waals surface area (Å²) in [6.45, 7) is 16.8. The molecule has 20 heavy (non-hydrogen) atoms. The maximum atomic E-state index is 12.2. The summed E-state index contributed by atoms with van der Waals surface area (Å²) >= 11 is 0. The Morgan fingerprint density at radius 2 is 1.95 bits per heavy atom. The molecule has 1 heterocycles.